The van der Waals surface area contributed by atoms with Gasteiger partial charge in [0.1, 0.15) is 12.4 Å². The van der Waals surface area contributed by atoms with Crippen molar-refractivity contribution in [1.82, 2.24) is 5.32 Å². The number of rotatable bonds is 5. The van der Waals surface area contributed by atoms with Crippen LogP contribution in [0.25, 0.3) is 6.08 Å². The maximum Gasteiger partial charge on any atom is 0.264 e. The summed E-state index contributed by atoms with van der Waals surface area (Å²) >= 11 is 16.9. The predicted molar refractivity (Wildman–Crippen MR) is 137 cm³/mol. The van der Waals surface area contributed by atoms with Crippen LogP contribution in [-0.2, 0) is 11.4 Å². The highest BCUT2D eigenvalue weighted by molar-refractivity contribution is 9.10. The Bertz CT molecular complexity index is 1240. The molecule has 1 heterocycles. The van der Waals surface area contributed by atoms with Gasteiger partial charge in [0, 0.05) is 10.0 Å². The molecule has 0 aliphatic carbocycles. The summed E-state index contributed by atoms with van der Waals surface area (Å²) in [7, 11) is 0. The van der Waals surface area contributed by atoms with Gasteiger partial charge < -0.3 is 10.1 Å². The Labute approximate surface area is 208 Å². The van der Waals surface area contributed by atoms with E-state index in [0.717, 1.165) is 26.9 Å². The molecule has 1 aliphatic rings. The lowest BCUT2D eigenvalue weighted by atomic mass is 10.2. The van der Waals surface area contributed by atoms with Gasteiger partial charge in [-0.3, -0.25) is 4.79 Å². The lowest BCUT2D eigenvalue weighted by Gasteiger charge is -2.11. The molecular formula is C24H17BrCl2N2O2S. The number of benzene rings is 3. The number of nitrogens with zero attached hydrogens (tertiary/aromatic N) is 1. The molecule has 1 aliphatic heterocycles. The molecule has 162 valence electrons. The Balaban J connectivity index is 1.55. The first kappa shape index (κ1) is 22.9. The van der Waals surface area contributed by atoms with Crippen LogP contribution in [0.1, 0.15) is 16.7 Å². The highest BCUT2D eigenvalue weighted by Gasteiger charge is 2.24. The quantitative estimate of drug-likeness (QED) is 0.336. The predicted octanol–water partition coefficient (Wildman–Crippen LogP) is 7.53. The van der Waals surface area contributed by atoms with Gasteiger partial charge in [-0.1, -0.05) is 62.9 Å². The van der Waals surface area contributed by atoms with E-state index in [-0.39, 0.29) is 5.91 Å². The molecule has 0 unspecified atom stereocenters. The molecule has 3 aromatic rings. The van der Waals surface area contributed by atoms with Crippen LogP contribution in [-0.4, -0.2) is 11.1 Å². The fourth-order valence-electron chi connectivity index (χ4n) is 2.91. The van der Waals surface area contributed by atoms with Crippen LogP contribution in [0.2, 0.25) is 10.0 Å². The molecule has 1 fully saturated rings. The molecule has 3 aromatic carbocycles. The monoisotopic (exact) mass is 546 g/mol. The molecule has 0 spiro atoms. The second-order valence-corrected chi connectivity index (χ2v) is 9.80. The Morgan fingerprint density at radius 2 is 1.84 bits per heavy atom. The van der Waals surface area contributed by atoms with Crippen molar-refractivity contribution in [3.05, 3.63) is 96.8 Å². The van der Waals surface area contributed by atoms with Gasteiger partial charge in [-0.25, -0.2) is 4.99 Å². The first-order chi connectivity index (χ1) is 15.4. The largest absolute Gasteiger partial charge is 0.488 e. The number of aryl methyl sites for hydroxylation is 1. The Morgan fingerprint density at radius 3 is 2.59 bits per heavy atom. The van der Waals surface area contributed by atoms with Gasteiger partial charge >= 0.3 is 0 Å². The van der Waals surface area contributed by atoms with Crippen molar-refractivity contribution in [2.24, 2.45) is 4.99 Å². The number of amidine groups is 1. The van der Waals surface area contributed by atoms with E-state index in [0.29, 0.717) is 32.5 Å². The molecule has 0 aromatic heterocycles. The highest BCUT2D eigenvalue weighted by Crippen LogP contribution is 2.33. The van der Waals surface area contributed by atoms with Crippen molar-refractivity contribution in [2.45, 2.75) is 13.5 Å². The van der Waals surface area contributed by atoms with E-state index in [4.69, 9.17) is 27.9 Å². The molecule has 1 saturated heterocycles. The van der Waals surface area contributed by atoms with E-state index < -0.39 is 0 Å². The number of aliphatic imine (C=N–C) groups is 1. The van der Waals surface area contributed by atoms with Gasteiger partial charge in [0.05, 0.1) is 20.6 Å². The van der Waals surface area contributed by atoms with Gasteiger partial charge in [-0.05, 0) is 72.8 Å². The lowest BCUT2D eigenvalue weighted by molar-refractivity contribution is -0.115. The van der Waals surface area contributed by atoms with Crippen molar-refractivity contribution in [3.63, 3.8) is 0 Å². The summed E-state index contributed by atoms with van der Waals surface area (Å²) in [5.74, 6) is 0.445. The number of carbonyl (C=O) groups excluding carboxylic acids is 1. The second kappa shape index (κ2) is 10.1. The summed E-state index contributed by atoms with van der Waals surface area (Å²) in [6.45, 7) is 2.33. The van der Waals surface area contributed by atoms with Crippen molar-refractivity contribution < 1.29 is 9.53 Å². The molecule has 1 amide bonds. The zero-order chi connectivity index (χ0) is 22.7. The van der Waals surface area contributed by atoms with Crippen LogP contribution >= 0.6 is 50.9 Å². The molecule has 8 heteroatoms. The summed E-state index contributed by atoms with van der Waals surface area (Å²) in [5.41, 5.74) is 3.60. The Morgan fingerprint density at radius 1 is 1.06 bits per heavy atom. The molecule has 4 rings (SSSR count). The topological polar surface area (TPSA) is 50.7 Å². The number of hydrogen-bond acceptors (Lipinski definition) is 4. The summed E-state index contributed by atoms with van der Waals surface area (Å²) in [5, 5.41) is 4.33. The van der Waals surface area contributed by atoms with E-state index in [1.54, 1.807) is 18.2 Å². The van der Waals surface area contributed by atoms with E-state index in [2.05, 4.69) is 26.2 Å². The minimum Gasteiger partial charge on any atom is -0.488 e. The normalized spacial score (nSPS) is 15.9. The van der Waals surface area contributed by atoms with Crippen LogP contribution in [0, 0.1) is 6.92 Å². The number of nitrogens with one attached hydrogen (secondary N) is 1. The number of ether oxygens (including phenoxy) is 1. The van der Waals surface area contributed by atoms with E-state index in [1.165, 1.54) is 11.8 Å². The van der Waals surface area contributed by atoms with Crippen LogP contribution < -0.4 is 10.1 Å². The van der Waals surface area contributed by atoms with Gasteiger partial charge in [0.2, 0.25) is 0 Å². The summed E-state index contributed by atoms with van der Waals surface area (Å²) < 4.78 is 6.89. The average molecular weight is 548 g/mol. The molecule has 0 bridgehead atoms. The zero-order valence-corrected chi connectivity index (χ0v) is 20.8. The lowest BCUT2D eigenvalue weighted by Crippen LogP contribution is -2.19. The standard InChI is InChI=1S/C24H17BrCl2N2O2S/c1-14-2-6-18(7-3-14)28-24-29-23(30)22(32-24)12-16-11-17(25)5-9-21(16)31-13-15-4-8-19(26)20(27)10-15/h2-12H,13H2,1H3,(H,28,29,30)/b22-12+. The van der Waals surface area contributed by atoms with Gasteiger partial charge in [-0.15, -0.1) is 0 Å². The third kappa shape index (κ3) is 5.75. The van der Waals surface area contributed by atoms with Gasteiger partial charge in [0.25, 0.3) is 5.91 Å². The van der Waals surface area contributed by atoms with E-state index >= 15 is 0 Å². The smallest absolute Gasteiger partial charge is 0.264 e. The fraction of sp³-hybridized carbons (Fsp3) is 0.0833. The van der Waals surface area contributed by atoms with Crippen molar-refractivity contribution in [2.75, 3.05) is 0 Å². The number of amides is 1. The SMILES string of the molecule is Cc1ccc(N=C2NC(=O)/C(=C\c3cc(Br)ccc3OCc3ccc(Cl)c(Cl)c3)S2)cc1. The third-order valence-electron chi connectivity index (χ3n) is 4.55. The minimum atomic E-state index is -0.198. The molecule has 4 nitrogen and oxygen atoms in total. The van der Waals surface area contributed by atoms with E-state index in [9.17, 15) is 4.79 Å². The van der Waals surface area contributed by atoms with Crippen molar-refractivity contribution in [3.8, 4) is 5.75 Å². The number of carbonyl (C=O) groups is 1. The molecule has 0 radical (unpaired) electrons. The average Bonchev–Trinajstić information content (AvgIpc) is 3.10. The van der Waals surface area contributed by atoms with Crippen LogP contribution in [0.4, 0.5) is 5.69 Å². The summed E-state index contributed by atoms with van der Waals surface area (Å²) in [6, 6.07) is 18.8. The minimum absolute atomic E-state index is 0.198. The summed E-state index contributed by atoms with van der Waals surface area (Å²) in [6.07, 6.45) is 1.80. The first-order valence-corrected chi connectivity index (χ1v) is 12.0. The number of hydrogen-bond donors (Lipinski definition) is 1. The zero-order valence-electron chi connectivity index (χ0n) is 16.9. The van der Waals surface area contributed by atoms with Crippen molar-refractivity contribution in [1.29, 1.82) is 0 Å². The summed E-state index contributed by atoms with van der Waals surface area (Å²) in [4.78, 5) is 17.6. The Hall–Kier alpha value is -2.25. The third-order valence-corrected chi connectivity index (χ3v) is 6.69. The number of thioether (sulfide) groups is 1. The first-order valence-electron chi connectivity index (χ1n) is 9.60. The van der Waals surface area contributed by atoms with Gasteiger partial charge in [0.15, 0.2) is 5.17 Å². The van der Waals surface area contributed by atoms with Crippen LogP contribution in [0.5, 0.6) is 5.75 Å². The van der Waals surface area contributed by atoms with Crippen LogP contribution in [0.15, 0.2) is 75.0 Å². The maximum absolute atomic E-state index is 12.5. The molecular weight excluding hydrogens is 531 g/mol. The van der Waals surface area contributed by atoms with E-state index in [1.807, 2.05) is 55.5 Å². The fourth-order valence-corrected chi connectivity index (χ4v) is 4.44. The van der Waals surface area contributed by atoms with Gasteiger partial charge in [-0.2, -0.15) is 0 Å². The molecule has 1 N–H and O–H groups in total. The van der Waals surface area contributed by atoms with Crippen molar-refractivity contribution >= 4 is 73.7 Å². The molecule has 32 heavy (non-hydrogen) atoms. The molecule has 0 saturated carbocycles. The number of halogens is 3. The maximum atomic E-state index is 12.5. The molecule has 0 atom stereocenters. The second-order valence-electron chi connectivity index (χ2n) is 7.04. The highest BCUT2D eigenvalue weighted by atomic mass is 79.9. The van der Waals surface area contributed by atoms with Crippen LogP contribution in [0.3, 0.4) is 0 Å². The Kier molecular flexibility index (Phi) is 7.26.